The Bertz CT molecular complexity index is 600. The molecule has 1 fully saturated rings. The van der Waals surface area contributed by atoms with Crippen molar-refractivity contribution in [3.63, 3.8) is 0 Å². The maximum absolute atomic E-state index is 12.3. The molecule has 0 aromatic heterocycles. The molecule has 1 atom stereocenters. The maximum Gasteiger partial charge on any atom is 0.226 e. The number of benzene rings is 1. The lowest BCUT2D eigenvalue weighted by Gasteiger charge is -2.21. The Morgan fingerprint density at radius 1 is 1.24 bits per heavy atom. The summed E-state index contributed by atoms with van der Waals surface area (Å²) in [5.74, 6) is 0.348. The molecular weight excluding hydrogens is 316 g/mol. The van der Waals surface area contributed by atoms with E-state index in [4.69, 9.17) is 0 Å². The van der Waals surface area contributed by atoms with E-state index in [1.54, 1.807) is 11.9 Å². The van der Waals surface area contributed by atoms with Crippen LogP contribution >= 0.6 is 0 Å². The molecule has 0 spiro atoms. The maximum atomic E-state index is 12.3. The third-order valence-corrected chi connectivity index (χ3v) is 4.34. The normalized spacial score (nSPS) is 15.6. The summed E-state index contributed by atoms with van der Waals surface area (Å²) in [6.45, 7) is 6.47. The van der Waals surface area contributed by atoms with Gasteiger partial charge in [0.1, 0.15) is 0 Å². The van der Waals surface area contributed by atoms with Crippen LogP contribution in [0, 0.1) is 11.3 Å². The third-order valence-electron chi connectivity index (χ3n) is 4.34. The number of amides is 2. The predicted octanol–water partition coefficient (Wildman–Crippen LogP) is 2.83. The van der Waals surface area contributed by atoms with Gasteiger partial charge in [-0.25, -0.2) is 0 Å². The first-order valence-electron chi connectivity index (χ1n) is 8.95. The molecule has 1 aromatic carbocycles. The summed E-state index contributed by atoms with van der Waals surface area (Å²) < 4.78 is 0. The lowest BCUT2D eigenvalue weighted by Crippen LogP contribution is -2.36. The first kappa shape index (κ1) is 19.4. The molecule has 5 heteroatoms. The quantitative estimate of drug-likeness (QED) is 0.797. The fourth-order valence-corrected chi connectivity index (χ4v) is 2.71. The molecule has 1 aliphatic rings. The summed E-state index contributed by atoms with van der Waals surface area (Å²) >= 11 is 0. The molecule has 2 N–H and O–H groups in total. The van der Waals surface area contributed by atoms with Crippen molar-refractivity contribution in [2.24, 2.45) is 11.3 Å². The second-order valence-electron chi connectivity index (χ2n) is 8.34. The number of aliphatic hydroxyl groups is 1. The first-order chi connectivity index (χ1) is 11.6. The number of rotatable bonds is 7. The van der Waals surface area contributed by atoms with Crippen molar-refractivity contribution >= 4 is 17.5 Å². The summed E-state index contributed by atoms with van der Waals surface area (Å²) in [6, 6.07) is 7.36. The Morgan fingerprint density at radius 2 is 1.84 bits per heavy atom. The van der Waals surface area contributed by atoms with Crippen LogP contribution < -0.4 is 5.32 Å². The van der Waals surface area contributed by atoms with Crippen LogP contribution in [0.4, 0.5) is 5.69 Å². The van der Waals surface area contributed by atoms with Gasteiger partial charge in [-0.15, -0.1) is 0 Å². The molecule has 0 radical (unpaired) electrons. The summed E-state index contributed by atoms with van der Waals surface area (Å²) in [5, 5.41) is 12.8. The van der Waals surface area contributed by atoms with Crippen LogP contribution in [-0.4, -0.2) is 41.5 Å². The number of aliphatic hydroxyl groups excluding tert-OH is 1. The highest BCUT2D eigenvalue weighted by molar-refractivity contribution is 5.91. The molecule has 2 amide bonds. The SMILES string of the molecule is CN(CC(O)C1CC1)C(=O)Cc1ccc(NC(=O)CC(C)(C)C)cc1. The summed E-state index contributed by atoms with van der Waals surface area (Å²) in [7, 11) is 1.73. The Morgan fingerprint density at radius 3 is 2.36 bits per heavy atom. The fourth-order valence-electron chi connectivity index (χ4n) is 2.71. The smallest absolute Gasteiger partial charge is 0.226 e. The molecule has 0 aliphatic heterocycles. The van der Waals surface area contributed by atoms with Crippen LogP contribution in [0.5, 0.6) is 0 Å². The van der Waals surface area contributed by atoms with E-state index in [2.05, 4.69) is 5.32 Å². The molecule has 138 valence electrons. The van der Waals surface area contributed by atoms with Crippen LogP contribution in [-0.2, 0) is 16.0 Å². The molecule has 25 heavy (non-hydrogen) atoms. The van der Waals surface area contributed by atoms with E-state index < -0.39 is 6.10 Å². The van der Waals surface area contributed by atoms with Gasteiger partial charge in [0.15, 0.2) is 0 Å². The van der Waals surface area contributed by atoms with E-state index in [-0.39, 0.29) is 17.2 Å². The number of nitrogens with zero attached hydrogens (tertiary/aromatic N) is 1. The molecule has 1 aromatic rings. The summed E-state index contributed by atoms with van der Waals surface area (Å²) in [4.78, 5) is 25.8. The van der Waals surface area contributed by atoms with Crippen molar-refractivity contribution in [2.45, 2.75) is 52.6 Å². The molecule has 0 saturated heterocycles. The summed E-state index contributed by atoms with van der Waals surface area (Å²) in [6.07, 6.45) is 2.47. The topological polar surface area (TPSA) is 69.6 Å². The second-order valence-corrected chi connectivity index (χ2v) is 8.34. The van der Waals surface area contributed by atoms with Crippen LogP contribution in [0.15, 0.2) is 24.3 Å². The van der Waals surface area contributed by atoms with Crippen LogP contribution in [0.25, 0.3) is 0 Å². The first-order valence-corrected chi connectivity index (χ1v) is 8.95. The Hall–Kier alpha value is -1.88. The third kappa shape index (κ3) is 6.86. The molecular formula is C20H30N2O3. The Balaban J connectivity index is 1.82. The minimum Gasteiger partial charge on any atom is -0.391 e. The van der Waals surface area contributed by atoms with Gasteiger partial charge in [-0.2, -0.15) is 0 Å². The predicted molar refractivity (Wildman–Crippen MR) is 99.2 cm³/mol. The number of hydrogen-bond donors (Lipinski definition) is 2. The van der Waals surface area contributed by atoms with Gasteiger partial charge in [-0.3, -0.25) is 9.59 Å². The average Bonchev–Trinajstić information content (AvgIpc) is 3.31. The fraction of sp³-hybridized carbons (Fsp3) is 0.600. The zero-order valence-electron chi connectivity index (χ0n) is 15.7. The van der Waals surface area contributed by atoms with Crippen molar-refractivity contribution in [3.05, 3.63) is 29.8 Å². The molecule has 1 saturated carbocycles. The number of carbonyl (C=O) groups excluding carboxylic acids is 2. The number of nitrogens with one attached hydrogen (secondary N) is 1. The van der Waals surface area contributed by atoms with Gasteiger partial charge in [-0.1, -0.05) is 32.9 Å². The highest BCUT2D eigenvalue weighted by Crippen LogP contribution is 2.32. The van der Waals surface area contributed by atoms with Crippen LogP contribution in [0.2, 0.25) is 0 Å². The Labute approximate surface area is 150 Å². The van der Waals surface area contributed by atoms with Gasteiger partial charge in [0.25, 0.3) is 0 Å². The molecule has 0 bridgehead atoms. The molecule has 5 nitrogen and oxygen atoms in total. The van der Waals surface area contributed by atoms with Gasteiger partial charge in [-0.05, 0) is 41.9 Å². The van der Waals surface area contributed by atoms with Crippen molar-refractivity contribution in [1.82, 2.24) is 4.90 Å². The monoisotopic (exact) mass is 346 g/mol. The van der Waals surface area contributed by atoms with Crippen LogP contribution in [0.3, 0.4) is 0 Å². The average molecular weight is 346 g/mol. The van der Waals surface area contributed by atoms with Crippen molar-refractivity contribution in [3.8, 4) is 0 Å². The van der Waals surface area contributed by atoms with E-state index in [9.17, 15) is 14.7 Å². The summed E-state index contributed by atoms with van der Waals surface area (Å²) in [5.41, 5.74) is 1.58. The largest absolute Gasteiger partial charge is 0.391 e. The molecule has 1 aliphatic carbocycles. The minimum absolute atomic E-state index is 0.00915. The lowest BCUT2D eigenvalue weighted by atomic mass is 9.92. The zero-order valence-corrected chi connectivity index (χ0v) is 15.7. The number of hydrogen-bond acceptors (Lipinski definition) is 3. The van der Waals surface area contributed by atoms with E-state index in [1.807, 2.05) is 45.0 Å². The van der Waals surface area contributed by atoms with Crippen molar-refractivity contribution in [1.29, 1.82) is 0 Å². The Kier molecular flexibility index (Phi) is 6.22. The highest BCUT2D eigenvalue weighted by Gasteiger charge is 2.31. The van der Waals surface area contributed by atoms with Gasteiger partial charge in [0.2, 0.25) is 11.8 Å². The van der Waals surface area contributed by atoms with Gasteiger partial charge >= 0.3 is 0 Å². The molecule has 2 rings (SSSR count). The molecule has 0 heterocycles. The second kappa shape index (κ2) is 8.00. The van der Waals surface area contributed by atoms with E-state index in [0.29, 0.717) is 25.3 Å². The number of carbonyl (C=O) groups is 2. The van der Waals surface area contributed by atoms with E-state index >= 15 is 0 Å². The number of anilines is 1. The van der Waals surface area contributed by atoms with E-state index in [1.165, 1.54) is 0 Å². The molecule has 1 unspecified atom stereocenters. The van der Waals surface area contributed by atoms with Crippen LogP contribution in [0.1, 0.15) is 45.6 Å². The van der Waals surface area contributed by atoms with Gasteiger partial charge in [0, 0.05) is 25.7 Å². The van der Waals surface area contributed by atoms with E-state index in [0.717, 1.165) is 24.1 Å². The zero-order chi connectivity index (χ0) is 18.6. The standard InChI is InChI=1S/C20H30N2O3/c1-20(2,3)12-18(24)21-16-9-5-14(6-10-16)11-19(25)22(4)13-17(23)15-7-8-15/h5-6,9-10,15,17,23H,7-8,11-13H2,1-4H3,(H,21,24). The minimum atomic E-state index is -0.408. The lowest BCUT2D eigenvalue weighted by molar-refractivity contribution is -0.130. The van der Waals surface area contributed by atoms with Gasteiger partial charge < -0.3 is 15.3 Å². The van der Waals surface area contributed by atoms with Crippen molar-refractivity contribution < 1.29 is 14.7 Å². The van der Waals surface area contributed by atoms with Gasteiger partial charge in [0.05, 0.1) is 12.5 Å². The van der Waals surface area contributed by atoms with Crippen molar-refractivity contribution in [2.75, 3.05) is 18.9 Å². The highest BCUT2D eigenvalue weighted by atomic mass is 16.3. The number of likely N-dealkylation sites (N-methyl/N-ethyl adjacent to an activating group) is 1.